The van der Waals surface area contributed by atoms with Crippen molar-refractivity contribution in [2.45, 2.75) is 45.8 Å². The first-order valence-electron chi connectivity index (χ1n) is 3.99. The molecule has 62 valence electrons. The number of hydrogen-bond acceptors (Lipinski definition) is 2. The molecule has 0 amide bonds. The summed E-state index contributed by atoms with van der Waals surface area (Å²) in [6.45, 7) is 5.83. The van der Waals surface area contributed by atoms with Crippen LogP contribution in [0.5, 0.6) is 0 Å². The lowest BCUT2D eigenvalue weighted by molar-refractivity contribution is -0.0149. The summed E-state index contributed by atoms with van der Waals surface area (Å²) >= 11 is 0. The molecule has 0 spiro atoms. The third-order valence-corrected chi connectivity index (χ3v) is 2.04. The molecule has 2 N–H and O–H groups in total. The van der Waals surface area contributed by atoms with E-state index in [0.29, 0.717) is 6.42 Å². The topological polar surface area (TPSA) is 40.5 Å². The quantitative estimate of drug-likeness (QED) is 0.625. The second-order valence-electron chi connectivity index (χ2n) is 2.85. The van der Waals surface area contributed by atoms with E-state index in [2.05, 4.69) is 0 Å². The van der Waals surface area contributed by atoms with E-state index in [1.807, 2.05) is 20.8 Å². The van der Waals surface area contributed by atoms with Crippen molar-refractivity contribution in [3.05, 3.63) is 0 Å². The van der Waals surface area contributed by atoms with Gasteiger partial charge in [0, 0.05) is 0 Å². The molecule has 0 radical (unpaired) electrons. The van der Waals surface area contributed by atoms with Crippen molar-refractivity contribution in [3.8, 4) is 0 Å². The van der Waals surface area contributed by atoms with E-state index >= 15 is 0 Å². The van der Waals surface area contributed by atoms with Crippen LogP contribution in [0.1, 0.15) is 33.6 Å². The van der Waals surface area contributed by atoms with Gasteiger partial charge in [0.1, 0.15) is 0 Å². The zero-order valence-electron chi connectivity index (χ0n) is 7.04. The van der Waals surface area contributed by atoms with Gasteiger partial charge in [-0.2, -0.15) is 0 Å². The van der Waals surface area contributed by atoms with Crippen LogP contribution >= 0.6 is 0 Å². The lowest BCUT2D eigenvalue weighted by Crippen LogP contribution is -2.31. The van der Waals surface area contributed by atoms with Crippen LogP contribution in [0.15, 0.2) is 0 Å². The standard InChI is InChI=1S/C8H18O2/c1-4-6(3)8(10)7(9)5-2/h6-10H,4-5H2,1-3H3. The largest absolute Gasteiger partial charge is 0.390 e. The molecule has 0 aliphatic heterocycles. The molecule has 0 aromatic heterocycles. The first kappa shape index (κ1) is 9.92. The summed E-state index contributed by atoms with van der Waals surface area (Å²) in [6.07, 6.45) is 0.453. The molecule has 0 saturated carbocycles. The molecule has 0 aromatic rings. The Bertz CT molecular complexity index is 73.3. The Morgan fingerprint density at radius 1 is 1.10 bits per heavy atom. The molecule has 0 heterocycles. The minimum absolute atomic E-state index is 0.204. The van der Waals surface area contributed by atoms with Gasteiger partial charge in [-0.3, -0.25) is 0 Å². The molecular weight excluding hydrogens is 128 g/mol. The van der Waals surface area contributed by atoms with Crippen LogP contribution in [0.3, 0.4) is 0 Å². The summed E-state index contributed by atoms with van der Waals surface area (Å²) < 4.78 is 0. The first-order valence-corrected chi connectivity index (χ1v) is 3.99. The van der Waals surface area contributed by atoms with Crippen LogP contribution in [-0.2, 0) is 0 Å². The van der Waals surface area contributed by atoms with E-state index < -0.39 is 12.2 Å². The van der Waals surface area contributed by atoms with Gasteiger partial charge in [-0.25, -0.2) is 0 Å². The highest BCUT2D eigenvalue weighted by molar-refractivity contribution is 4.70. The third-order valence-electron chi connectivity index (χ3n) is 2.04. The average molecular weight is 146 g/mol. The predicted octanol–water partition coefficient (Wildman–Crippen LogP) is 1.16. The zero-order valence-corrected chi connectivity index (χ0v) is 7.04. The summed E-state index contributed by atoms with van der Waals surface area (Å²) in [5.41, 5.74) is 0. The van der Waals surface area contributed by atoms with E-state index in [1.54, 1.807) is 0 Å². The fourth-order valence-electron chi connectivity index (χ4n) is 0.862. The van der Waals surface area contributed by atoms with Gasteiger partial charge in [-0.05, 0) is 12.3 Å². The van der Waals surface area contributed by atoms with Gasteiger partial charge in [0.25, 0.3) is 0 Å². The molecule has 0 bridgehead atoms. The molecule has 0 aliphatic carbocycles. The van der Waals surface area contributed by atoms with Crippen LogP contribution < -0.4 is 0 Å². The van der Waals surface area contributed by atoms with Crippen LogP contribution in [0.4, 0.5) is 0 Å². The van der Waals surface area contributed by atoms with Crippen molar-refractivity contribution in [2.75, 3.05) is 0 Å². The van der Waals surface area contributed by atoms with Crippen molar-refractivity contribution >= 4 is 0 Å². The summed E-state index contributed by atoms with van der Waals surface area (Å²) in [6, 6.07) is 0. The first-order chi connectivity index (χ1) is 4.63. The molecule has 0 saturated heterocycles. The number of aliphatic hydroxyl groups is 2. The third kappa shape index (κ3) is 2.67. The minimum atomic E-state index is -0.546. The zero-order chi connectivity index (χ0) is 8.15. The fourth-order valence-corrected chi connectivity index (χ4v) is 0.862. The number of rotatable bonds is 4. The van der Waals surface area contributed by atoms with Crippen molar-refractivity contribution in [2.24, 2.45) is 5.92 Å². The Morgan fingerprint density at radius 2 is 1.60 bits per heavy atom. The highest BCUT2D eigenvalue weighted by Crippen LogP contribution is 2.12. The highest BCUT2D eigenvalue weighted by Gasteiger charge is 2.19. The van der Waals surface area contributed by atoms with Gasteiger partial charge in [0.05, 0.1) is 12.2 Å². The molecule has 10 heavy (non-hydrogen) atoms. The lowest BCUT2D eigenvalue weighted by atomic mass is 9.96. The molecule has 3 atom stereocenters. The molecule has 0 aromatic carbocycles. The molecule has 2 heteroatoms. The highest BCUT2D eigenvalue weighted by atomic mass is 16.3. The monoisotopic (exact) mass is 146 g/mol. The van der Waals surface area contributed by atoms with E-state index in [0.717, 1.165) is 6.42 Å². The van der Waals surface area contributed by atoms with Crippen LogP contribution in [0.2, 0.25) is 0 Å². The molecule has 2 nitrogen and oxygen atoms in total. The summed E-state index contributed by atoms with van der Waals surface area (Å²) in [7, 11) is 0. The van der Waals surface area contributed by atoms with Gasteiger partial charge >= 0.3 is 0 Å². The van der Waals surface area contributed by atoms with Crippen LogP contribution in [0, 0.1) is 5.92 Å². The van der Waals surface area contributed by atoms with E-state index in [4.69, 9.17) is 0 Å². The SMILES string of the molecule is CCC(C)C(O)C(O)CC. The fraction of sp³-hybridized carbons (Fsp3) is 1.00. The minimum Gasteiger partial charge on any atom is -0.390 e. The Balaban J connectivity index is 3.69. The molecule has 0 aliphatic rings. The normalized spacial score (nSPS) is 20.1. The van der Waals surface area contributed by atoms with Crippen LogP contribution in [-0.4, -0.2) is 22.4 Å². The smallest absolute Gasteiger partial charge is 0.0824 e. The Kier molecular flexibility index (Phi) is 4.65. The van der Waals surface area contributed by atoms with Crippen LogP contribution in [0.25, 0.3) is 0 Å². The molecule has 3 unspecified atom stereocenters. The van der Waals surface area contributed by atoms with E-state index in [-0.39, 0.29) is 5.92 Å². The number of hydrogen-bond donors (Lipinski definition) is 2. The molecule has 0 fully saturated rings. The van der Waals surface area contributed by atoms with E-state index in [9.17, 15) is 10.2 Å². The second kappa shape index (κ2) is 4.69. The van der Waals surface area contributed by atoms with Gasteiger partial charge < -0.3 is 10.2 Å². The van der Waals surface area contributed by atoms with Crippen molar-refractivity contribution in [3.63, 3.8) is 0 Å². The average Bonchev–Trinajstić information content (AvgIpc) is 2.00. The van der Waals surface area contributed by atoms with Gasteiger partial charge in [-0.1, -0.05) is 27.2 Å². The molecular formula is C8H18O2. The van der Waals surface area contributed by atoms with Crippen molar-refractivity contribution in [1.82, 2.24) is 0 Å². The predicted molar refractivity (Wildman–Crippen MR) is 41.8 cm³/mol. The summed E-state index contributed by atoms with van der Waals surface area (Å²) in [5.74, 6) is 0.204. The summed E-state index contributed by atoms with van der Waals surface area (Å²) in [5, 5.41) is 18.5. The van der Waals surface area contributed by atoms with Gasteiger partial charge in [-0.15, -0.1) is 0 Å². The Labute approximate surface area is 62.9 Å². The summed E-state index contributed by atoms with van der Waals surface area (Å²) in [4.78, 5) is 0. The van der Waals surface area contributed by atoms with Gasteiger partial charge in [0.15, 0.2) is 0 Å². The van der Waals surface area contributed by atoms with Crippen molar-refractivity contribution in [1.29, 1.82) is 0 Å². The maximum Gasteiger partial charge on any atom is 0.0824 e. The second-order valence-corrected chi connectivity index (χ2v) is 2.85. The maximum absolute atomic E-state index is 9.34. The van der Waals surface area contributed by atoms with Crippen molar-refractivity contribution < 1.29 is 10.2 Å². The van der Waals surface area contributed by atoms with E-state index in [1.165, 1.54) is 0 Å². The molecule has 0 rings (SSSR count). The number of aliphatic hydroxyl groups excluding tert-OH is 2. The van der Waals surface area contributed by atoms with Gasteiger partial charge in [0.2, 0.25) is 0 Å². The Hall–Kier alpha value is -0.0800. The maximum atomic E-state index is 9.34. The lowest BCUT2D eigenvalue weighted by Gasteiger charge is -2.21. The Morgan fingerprint density at radius 3 is 1.90 bits per heavy atom.